The van der Waals surface area contributed by atoms with Crippen molar-refractivity contribution in [3.63, 3.8) is 0 Å². The summed E-state index contributed by atoms with van der Waals surface area (Å²) in [5, 5.41) is 0. The topological polar surface area (TPSA) is 49.7 Å². The first kappa shape index (κ1) is 9.79. The largest absolute Gasteiger partial charge is 0.410 e. The molecule has 0 aliphatic carbocycles. The van der Waals surface area contributed by atoms with Crippen LogP contribution in [0.3, 0.4) is 0 Å². The van der Waals surface area contributed by atoms with Gasteiger partial charge < -0.3 is 0 Å². The molecule has 0 rings (SSSR count). The van der Waals surface area contributed by atoms with E-state index in [-0.39, 0.29) is 12.8 Å². The maximum absolute atomic E-state index is 8.97. The van der Waals surface area contributed by atoms with E-state index in [0.717, 1.165) is 0 Å². The van der Waals surface area contributed by atoms with Gasteiger partial charge in [-0.2, -0.15) is 14.3 Å². The predicted molar refractivity (Wildman–Crippen MR) is 42.6 cm³/mol. The zero-order chi connectivity index (χ0) is 8.04. The lowest BCUT2D eigenvalue weighted by Gasteiger charge is -2.06. The van der Waals surface area contributed by atoms with E-state index in [9.17, 15) is 0 Å². The average molecular weight is 163 g/mol. The van der Waals surface area contributed by atoms with Crippen molar-refractivity contribution in [2.75, 3.05) is 12.8 Å². The molecule has 4 heteroatoms. The zero-order valence-corrected chi connectivity index (χ0v) is 6.63. The van der Waals surface area contributed by atoms with Crippen LogP contribution < -0.4 is 0 Å². The van der Waals surface area contributed by atoms with Gasteiger partial charge in [0.05, 0.1) is 0 Å². The molecule has 0 aromatic heterocycles. The molecule has 0 heterocycles. The van der Waals surface area contributed by atoms with Crippen molar-refractivity contribution in [2.24, 2.45) is 0 Å². The molecular weight excluding hydrogens is 151 g/mol. The van der Waals surface area contributed by atoms with Crippen molar-refractivity contribution >= 4 is 7.94 Å². The minimum absolute atomic E-state index is 0.0981. The van der Waals surface area contributed by atoms with Crippen LogP contribution in [-0.2, 0) is 4.52 Å². The van der Waals surface area contributed by atoms with Crippen molar-refractivity contribution in [3.8, 4) is 0 Å². The molecule has 0 saturated carbocycles. The van der Waals surface area contributed by atoms with Gasteiger partial charge in [-0.05, 0) is 6.08 Å². The number of hydrogen-bond donors (Lipinski definition) is 2. The molecule has 0 aromatic carbocycles. The molecule has 2 N–H and O–H groups in total. The molecule has 0 aromatic rings. The molecular formula is C6H12O3P+. The summed E-state index contributed by atoms with van der Waals surface area (Å²) in [6.07, 6.45) is 2.97. The van der Waals surface area contributed by atoms with Gasteiger partial charge in [0.25, 0.3) is 0 Å². The van der Waals surface area contributed by atoms with E-state index in [2.05, 4.69) is 17.7 Å². The van der Waals surface area contributed by atoms with E-state index in [4.69, 9.17) is 9.79 Å². The Hall–Kier alpha value is -0.210. The number of allylic oxidation sites excluding steroid dienone is 1. The second-order valence-electron chi connectivity index (χ2n) is 1.72. The lowest BCUT2D eigenvalue weighted by Crippen LogP contribution is -1.99. The summed E-state index contributed by atoms with van der Waals surface area (Å²) in [6, 6.07) is 0. The maximum Gasteiger partial charge on any atom is 0.410 e. The summed E-state index contributed by atoms with van der Waals surface area (Å²) in [4.78, 5) is 17.9. The summed E-state index contributed by atoms with van der Waals surface area (Å²) in [6.45, 7) is 6.89. The Morgan fingerprint density at radius 2 is 1.90 bits per heavy atom. The molecule has 0 unspecified atom stereocenters. The lowest BCUT2D eigenvalue weighted by atomic mass is 10.7. The van der Waals surface area contributed by atoms with Crippen LogP contribution in [0, 0.1) is 0 Å². The van der Waals surface area contributed by atoms with Crippen LogP contribution in [0.15, 0.2) is 25.3 Å². The van der Waals surface area contributed by atoms with Crippen molar-refractivity contribution < 1.29 is 14.3 Å². The third-order valence-electron chi connectivity index (χ3n) is 0.766. The molecule has 0 fully saturated rings. The van der Waals surface area contributed by atoms with E-state index in [1.807, 2.05) is 0 Å². The van der Waals surface area contributed by atoms with E-state index < -0.39 is 7.94 Å². The van der Waals surface area contributed by atoms with Gasteiger partial charge >= 0.3 is 7.94 Å². The molecule has 58 valence electrons. The lowest BCUT2D eigenvalue weighted by molar-refractivity contribution is 0.256. The first-order valence-electron chi connectivity index (χ1n) is 2.82. The van der Waals surface area contributed by atoms with Crippen LogP contribution >= 0.6 is 7.94 Å². The second kappa shape index (κ2) is 4.58. The quantitative estimate of drug-likeness (QED) is 0.471. The molecule has 0 aliphatic rings. The van der Waals surface area contributed by atoms with Gasteiger partial charge in [-0.1, -0.05) is 12.7 Å². The standard InChI is InChI=1S/C6H12O3P/c1-3-5-9-10(7,8)6-4-2/h3-4,7-8H,1-2,5-6H2/q+1. The first-order valence-corrected chi connectivity index (χ1v) is 4.62. The second-order valence-corrected chi connectivity index (χ2v) is 3.67. The Morgan fingerprint density at radius 3 is 2.30 bits per heavy atom. The van der Waals surface area contributed by atoms with Crippen molar-refractivity contribution in [1.82, 2.24) is 0 Å². The van der Waals surface area contributed by atoms with Gasteiger partial charge in [-0.15, -0.1) is 6.58 Å². The van der Waals surface area contributed by atoms with Gasteiger partial charge in [-0.25, -0.2) is 0 Å². The van der Waals surface area contributed by atoms with E-state index >= 15 is 0 Å². The minimum Gasteiger partial charge on any atom is -0.192 e. The number of hydrogen-bond acceptors (Lipinski definition) is 3. The highest BCUT2D eigenvalue weighted by molar-refractivity contribution is 7.59. The van der Waals surface area contributed by atoms with Crippen molar-refractivity contribution in [3.05, 3.63) is 25.3 Å². The summed E-state index contributed by atoms with van der Waals surface area (Å²) < 4.78 is 4.65. The van der Waals surface area contributed by atoms with E-state index in [1.165, 1.54) is 12.2 Å². The Bertz CT molecular complexity index is 122. The first-order chi connectivity index (χ1) is 4.62. The van der Waals surface area contributed by atoms with E-state index in [0.29, 0.717) is 0 Å². The van der Waals surface area contributed by atoms with Crippen LogP contribution in [0.1, 0.15) is 0 Å². The SMILES string of the molecule is C=CCO[P+](O)(O)CC=C. The Labute approximate surface area is 61.2 Å². The van der Waals surface area contributed by atoms with Crippen LogP contribution in [0.2, 0.25) is 0 Å². The highest BCUT2D eigenvalue weighted by atomic mass is 31.2. The molecule has 0 saturated heterocycles. The van der Waals surface area contributed by atoms with Gasteiger partial charge in [0.15, 0.2) is 6.16 Å². The molecule has 0 radical (unpaired) electrons. The Morgan fingerprint density at radius 1 is 1.30 bits per heavy atom. The fourth-order valence-electron chi connectivity index (χ4n) is 0.393. The molecule has 0 spiro atoms. The van der Waals surface area contributed by atoms with Crippen LogP contribution in [0.5, 0.6) is 0 Å². The van der Waals surface area contributed by atoms with Gasteiger partial charge in [-0.3, -0.25) is 0 Å². The van der Waals surface area contributed by atoms with Crippen LogP contribution in [-0.4, -0.2) is 22.6 Å². The van der Waals surface area contributed by atoms with Crippen LogP contribution in [0.25, 0.3) is 0 Å². The molecule has 3 nitrogen and oxygen atoms in total. The fraction of sp³-hybridized carbons (Fsp3) is 0.333. The van der Waals surface area contributed by atoms with Crippen LogP contribution in [0.4, 0.5) is 0 Å². The predicted octanol–water partition coefficient (Wildman–Crippen LogP) is 1.12. The summed E-state index contributed by atoms with van der Waals surface area (Å²) in [7, 11) is -3.15. The maximum atomic E-state index is 8.97. The average Bonchev–Trinajstić information content (AvgIpc) is 1.84. The third-order valence-corrected chi connectivity index (χ3v) is 2.06. The third kappa shape index (κ3) is 4.65. The molecule has 0 aliphatic heterocycles. The summed E-state index contributed by atoms with van der Waals surface area (Å²) >= 11 is 0. The number of rotatable bonds is 5. The fourth-order valence-corrected chi connectivity index (χ4v) is 1.18. The van der Waals surface area contributed by atoms with Gasteiger partial charge in [0, 0.05) is 0 Å². The summed E-state index contributed by atoms with van der Waals surface area (Å²) in [5.41, 5.74) is 0. The van der Waals surface area contributed by atoms with Crippen molar-refractivity contribution in [2.45, 2.75) is 0 Å². The smallest absolute Gasteiger partial charge is 0.192 e. The van der Waals surface area contributed by atoms with Crippen molar-refractivity contribution in [1.29, 1.82) is 0 Å². The normalized spacial score (nSPS) is 11.0. The monoisotopic (exact) mass is 163 g/mol. The van der Waals surface area contributed by atoms with E-state index in [1.54, 1.807) is 0 Å². The van der Waals surface area contributed by atoms with Gasteiger partial charge in [0.1, 0.15) is 6.61 Å². The Kier molecular flexibility index (Phi) is 4.49. The molecule has 0 atom stereocenters. The molecule has 0 amide bonds. The highest BCUT2D eigenvalue weighted by Crippen LogP contribution is 2.50. The Balaban J connectivity index is 3.61. The molecule has 0 bridgehead atoms. The zero-order valence-electron chi connectivity index (χ0n) is 5.73. The highest BCUT2D eigenvalue weighted by Gasteiger charge is 2.32. The summed E-state index contributed by atoms with van der Waals surface area (Å²) in [5.74, 6) is 0. The molecule has 10 heavy (non-hydrogen) atoms. The van der Waals surface area contributed by atoms with Gasteiger partial charge in [0.2, 0.25) is 0 Å². The minimum atomic E-state index is -3.15.